The molecular weight excluding hydrogens is 524 g/mol. The van der Waals surface area contributed by atoms with Crippen molar-refractivity contribution in [1.29, 1.82) is 0 Å². The van der Waals surface area contributed by atoms with E-state index in [9.17, 15) is 39.6 Å². The number of alkyl carbamates (subject to hydrolysis) is 1. The zero-order valence-corrected chi connectivity index (χ0v) is 22.9. The third kappa shape index (κ3) is 4.16. The molecule has 1 aromatic rings. The Balaban J connectivity index is 1.92. The largest absolute Gasteiger partial charge is 0.508 e. The van der Waals surface area contributed by atoms with Crippen molar-refractivity contribution in [2.45, 2.75) is 38.0 Å². The van der Waals surface area contributed by atoms with Gasteiger partial charge in [-0.1, -0.05) is 0 Å². The lowest BCUT2D eigenvalue weighted by Crippen LogP contribution is -2.65. The SMILES string of the molecule is CCOC(=O)NCc1cc(N(C)C)c2c(c1O)C(O)=C1C(=O)[C@]3(O)C(O)=C(C(N)=O)C(=O)[C@H](N(C)C)C3CC1C2. The van der Waals surface area contributed by atoms with E-state index in [1.54, 1.807) is 46.1 Å². The number of phenolic OH excluding ortho intramolecular Hbond substituents is 1. The van der Waals surface area contributed by atoms with Crippen molar-refractivity contribution in [2.24, 2.45) is 17.6 Å². The van der Waals surface area contributed by atoms with Crippen molar-refractivity contribution < 1.29 is 44.3 Å². The Morgan fingerprint density at radius 1 is 1.18 bits per heavy atom. The third-order valence-electron chi connectivity index (χ3n) is 7.96. The molecule has 13 nitrogen and oxygen atoms in total. The highest BCUT2D eigenvalue weighted by Crippen LogP contribution is 2.54. The van der Waals surface area contributed by atoms with E-state index in [-0.39, 0.29) is 48.4 Å². The molecule has 0 spiro atoms. The number of hydrogen-bond acceptors (Lipinski definition) is 11. The van der Waals surface area contributed by atoms with E-state index in [1.807, 2.05) is 0 Å². The van der Waals surface area contributed by atoms with Crippen LogP contribution in [0.25, 0.3) is 5.76 Å². The molecule has 2 unspecified atom stereocenters. The van der Waals surface area contributed by atoms with E-state index in [1.165, 1.54) is 4.90 Å². The van der Waals surface area contributed by atoms with Crippen molar-refractivity contribution in [2.75, 3.05) is 39.7 Å². The predicted octanol–water partition coefficient (Wildman–Crippen LogP) is 0.276. The van der Waals surface area contributed by atoms with Crippen LogP contribution in [0.5, 0.6) is 5.75 Å². The first-order valence-electron chi connectivity index (χ1n) is 12.8. The minimum absolute atomic E-state index is 0.00838. The highest BCUT2D eigenvalue weighted by atomic mass is 16.5. The number of ether oxygens (including phenoxy) is 1. The van der Waals surface area contributed by atoms with Gasteiger partial charge in [0.15, 0.2) is 11.4 Å². The number of nitrogens with two attached hydrogens (primary N) is 1. The molecule has 7 N–H and O–H groups in total. The second-order valence-corrected chi connectivity index (χ2v) is 10.7. The zero-order valence-electron chi connectivity index (χ0n) is 22.9. The number of rotatable bonds is 6. The number of hydrogen-bond donors (Lipinski definition) is 6. The zero-order chi connectivity index (χ0) is 29.8. The highest BCUT2D eigenvalue weighted by Gasteiger charge is 2.64. The lowest BCUT2D eigenvalue weighted by Gasteiger charge is -2.50. The number of primary amides is 1. The Bertz CT molecular complexity index is 1380. The van der Waals surface area contributed by atoms with Crippen molar-refractivity contribution in [1.82, 2.24) is 10.2 Å². The van der Waals surface area contributed by atoms with Crippen LogP contribution in [0.4, 0.5) is 10.5 Å². The molecule has 0 saturated heterocycles. The molecule has 3 aliphatic carbocycles. The Labute approximate surface area is 230 Å². The number of Topliss-reactive ketones (excluding diaryl/α,β-unsaturated/α-hetero) is 2. The summed E-state index contributed by atoms with van der Waals surface area (Å²) < 4.78 is 4.87. The lowest BCUT2D eigenvalue weighted by molar-refractivity contribution is -0.153. The van der Waals surface area contributed by atoms with Crippen LogP contribution < -0.4 is 16.0 Å². The number of amides is 2. The summed E-state index contributed by atoms with van der Waals surface area (Å²) in [5.41, 5.74) is 2.83. The van der Waals surface area contributed by atoms with Crippen LogP contribution >= 0.6 is 0 Å². The van der Waals surface area contributed by atoms with Gasteiger partial charge in [-0.2, -0.15) is 0 Å². The molecular formula is C27H34N4O9. The molecule has 13 heteroatoms. The van der Waals surface area contributed by atoms with Crippen molar-refractivity contribution >= 4 is 35.0 Å². The van der Waals surface area contributed by atoms with E-state index in [4.69, 9.17) is 10.5 Å². The van der Waals surface area contributed by atoms with E-state index in [0.29, 0.717) is 11.3 Å². The second kappa shape index (κ2) is 10.1. The Morgan fingerprint density at radius 3 is 2.38 bits per heavy atom. The maximum absolute atomic E-state index is 14.0. The summed E-state index contributed by atoms with van der Waals surface area (Å²) in [6, 6.07) is 0.496. The van der Waals surface area contributed by atoms with Gasteiger partial charge in [0.1, 0.15) is 22.8 Å². The fourth-order valence-corrected chi connectivity index (χ4v) is 6.23. The first-order chi connectivity index (χ1) is 18.7. The summed E-state index contributed by atoms with van der Waals surface area (Å²) in [6.45, 7) is 1.63. The molecule has 0 bridgehead atoms. The molecule has 0 aromatic heterocycles. The van der Waals surface area contributed by atoms with Crippen molar-refractivity contribution in [3.8, 4) is 5.75 Å². The van der Waals surface area contributed by atoms with Gasteiger partial charge in [0.25, 0.3) is 5.91 Å². The minimum atomic E-state index is -2.71. The summed E-state index contributed by atoms with van der Waals surface area (Å²) in [6.07, 6.45) is -0.563. The van der Waals surface area contributed by atoms with Crippen LogP contribution in [-0.4, -0.2) is 95.3 Å². The van der Waals surface area contributed by atoms with E-state index < -0.39 is 64.1 Å². The first-order valence-corrected chi connectivity index (χ1v) is 12.8. The fraction of sp³-hybridized carbons (Fsp3) is 0.481. The molecule has 40 heavy (non-hydrogen) atoms. The number of carbonyl (C=O) groups excluding carboxylic acids is 4. The number of aliphatic hydroxyl groups excluding tert-OH is 2. The van der Waals surface area contributed by atoms with Gasteiger partial charge in [-0.05, 0) is 51.4 Å². The third-order valence-corrected chi connectivity index (χ3v) is 7.96. The van der Waals surface area contributed by atoms with E-state index in [0.717, 1.165) is 0 Å². The summed E-state index contributed by atoms with van der Waals surface area (Å²) >= 11 is 0. The molecule has 0 radical (unpaired) electrons. The van der Waals surface area contributed by atoms with Crippen LogP contribution in [0.1, 0.15) is 30.0 Å². The minimum Gasteiger partial charge on any atom is -0.508 e. The van der Waals surface area contributed by atoms with Crippen LogP contribution in [-0.2, 0) is 32.1 Å². The van der Waals surface area contributed by atoms with Gasteiger partial charge < -0.3 is 41.1 Å². The number of nitrogens with one attached hydrogen (secondary N) is 1. The Kier molecular flexibility index (Phi) is 7.32. The normalized spacial score (nSPS) is 25.8. The molecule has 4 rings (SSSR count). The number of aliphatic hydroxyl groups is 3. The Morgan fingerprint density at radius 2 is 1.82 bits per heavy atom. The number of fused-ring (bicyclic) bond motifs is 3. The second-order valence-electron chi connectivity index (χ2n) is 10.7. The highest BCUT2D eigenvalue weighted by molar-refractivity contribution is 6.24. The van der Waals surface area contributed by atoms with Gasteiger partial charge in [-0.25, -0.2) is 4.79 Å². The maximum atomic E-state index is 14.0. The maximum Gasteiger partial charge on any atom is 0.407 e. The first kappa shape index (κ1) is 28.9. The summed E-state index contributed by atoms with van der Waals surface area (Å²) in [5, 5.41) is 47.9. The fourth-order valence-electron chi connectivity index (χ4n) is 6.23. The van der Waals surface area contributed by atoms with Crippen LogP contribution in [0.15, 0.2) is 23.0 Å². The standard InChI is InChI=1S/C27H34N4O9/c1-6-40-26(38)29-10-12-9-15(30(2)3)13-7-11-8-14-19(31(4)5)22(34)18(25(28)37)24(36)27(14,39)23(35)16(11)21(33)17(13)20(12)32/h9,11,14,19,32-33,36,39H,6-8,10H2,1-5H3,(H2,28,37)(H,29,38)/t11?,14?,19-,27+/m1/s1. The number of anilines is 1. The number of nitrogens with zero attached hydrogens (tertiary/aromatic N) is 2. The molecule has 2 amide bonds. The quantitative estimate of drug-likeness (QED) is 0.262. The number of benzene rings is 1. The summed E-state index contributed by atoms with van der Waals surface area (Å²) in [5.74, 6) is -7.17. The van der Waals surface area contributed by atoms with Gasteiger partial charge in [0, 0.05) is 43.4 Å². The molecule has 4 atom stereocenters. The van der Waals surface area contributed by atoms with Gasteiger partial charge in [-0.3, -0.25) is 19.3 Å². The smallest absolute Gasteiger partial charge is 0.407 e. The average molecular weight is 559 g/mol. The van der Waals surface area contributed by atoms with Gasteiger partial charge in [0.2, 0.25) is 5.78 Å². The number of ketones is 2. The van der Waals surface area contributed by atoms with Gasteiger partial charge in [-0.15, -0.1) is 0 Å². The van der Waals surface area contributed by atoms with Crippen molar-refractivity contribution in [3.63, 3.8) is 0 Å². The predicted molar refractivity (Wildman–Crippen MR) is 142 cm³/mol. The molecule has 1 saturated carbocycles. The van der Waals surface area contributed by atoms with Crippen LogP contribution in [0.3, 0.4) is 0 Å². The number of phenols is 1. The van der Waals surface area contributed by atoms with Crippen LogP contribution in [0.2, 0.25) is 0 Å². The summed E-state index contributed by atoms with van der Waals surface area (Å²) in [4.78, 5) is 54.4. The lowest BCUT2D eigenvalue weighted by atomic mass is 9.57. The molecule has 0 aliphatic heterocycles. The topological polar surface area (TPSA) is 203 Å². The average Bonchev–Trinajstić information content (AvgIpc) is 2.85. The molecule has 1 fully saturated rings. The molecule has 0 heterocycles. The Hall–Kier alpha value is -4.10. The molecule has 216 valence electrons. The van der Waals surface area contributed by atoms with E-state index in [2.05, 4.69) is 5.32 Å². The summed E-state index contributed by atoms with van der Waals surface area (Å²) in [7, 11) is 6.60. The van der Waals surface area contributed by atoms with E-state index >= 15 is 0 Å². The van der Waals surface area contributed by atoms with Crippen LogP contribution in [0, 0.1) is 11.8 Å². The molecule has 3 aliphatic rings. The number of carbonyl (C=O) groups is 4. The molecule has 1 aromatic carbocycles. The number of aromatic hydroxyl groups is 1. The van der Waals surface area contributed by atoms with Crippen molar-refractivity contribution in [3.05, 3.63) is 39.7 Å². The monoisotopic (exact) mass is 558 g/mol. The number of likely N-dealkylation sites (N-methyl/N-ethyl adjacent to an activating group) is 1. The van der Waals surface area contributed by atoms with Gasteiger partial charge in [0.05, 0.1) is 18.2 Å². The van der Waals surface area contributed by atoms with Gasteiger partial charge >= 0.3 is 6.09 Å².